The lowest BCUT2D eigenvalue weighted by molar-refractivity contribution is -0.270. The van der Waals surface area contributed by atoms with Gasteiger partial charge < -0.3 is 197 Å². The van der Waals surface area contributed by atoms with Gasteiger partial charge in [0.25, 0.3) is 19.6 Å². The minimum Gasteiger partial charge on any atom is -0.756 e. The molecule has 14 amide bonds. The van der Waals surface area contributed by atoms with E-state index >= 15 is 0 Å². The fourth-order valence-electron chi connectivity index (χ4n) is 15.8. The lowest BCUT2D eigenvalue weighted by Crippen LogP contribution is -2.64. The summed E-state index contributed by atoms with van der Waals surface area (Å²) in [7, 11) is -3.40. The average Bonchev–Trinajstić information content (AvgIpc) is 0.826. The van der Waals surface area contributed by atoms with Gasteiger partial charge in [-0.05, 0) is 127 Å². The quantitative estimate of drug-likeness (QED) is 0.0213. The van der Waals surface area contributed by atoms with Crippen molar-refractivity contribution in [2.24, 2.45) is 0 Å². The van der Waals surface area contributed by atoms with E-state index in [2.05, 4.69) is 79.0 Å². The molecule has 24 atom stereocenters. The van der Waals surface area contributed by atoms with Crippen LogP contribution < -0.4 is 84.1 Å². The summed E-state index contributed by atoms with van der Waals surface area (Å²) >= 11 is 1.10. The monoisotopic (exact) mass is 2170 g/mol. The molecule has 55 nitrogen and oxygen atoms in total. The van der Waals surface area contributed by atoms with Gasteiger partial charge in [-0.15, -0.1) is 11.8 Å². The summed E-state index contributed by atoms with van der Waals surface area (Å²) in [4.78, 5) is 207. The van der Waals surface area contributed by atoms with Gasteiger partial charge in [-0.25, -0.2) is 0 Å². The first-order chi connectivity index (χ1) is 71.0. The Morgan fingerprint density at radius 2 is 0.698 bits per heavy atom. The number of carbonyl (C=O) groups is 15. The third-order valence-corrected chi connectivity index (χ3v) is 26.0. The maximum absolute atomic E-state index is 14.2. The van der Waals surface area contributed by atoms with Crippen molar-refractivity contribution in [1.29, 1.82) is 0 Å². The van der Waals surface area contributed by atoms with Gasteiger partial charge in [0.05, 0.1) is 51.2 Å². The molecule has 27 N–H and O–H groups in total. The highest BCUT2D eigenvalue weighted by atomic mass is 32.2. The number of ether oxygens (including phenoxy) is 9. The van der Waals surface area contributed by atoms with Crippen molar-refractivity contribution in [2.45, 2.75) is 322 Å². The molecule has 850 valence electrons. The number of unbranched alkanes of at least 4 members (excludes halogenated alkanes) is 9. The molecule has 149 heavy (non-hydrogen) atoms. The predicted molar refractivity (Wildman–Crippen MR) is 519 cm³/mol. The molecule has 1 aromatic rings. The third kappa shape index (κ3) is 49.6. The Labute approximate surface area is 866 Å². The Morgan fingerprint density at radius 1 is 0.369 bits per heavy atom. The molecule has 57 heteroatoms. The highest BCUT2D eigenvalue weighted by Gasteiger charge is 2.50. The zero-order valence-corrected chi connectivity index (χ0v) is 86.2. The van der Waals surface area contributed by atoms with Crippen LogP contribution in [0.3, 0.4) is 0 Å². The second kappa shape index (κ2) is 71.6. The summed E-state index contributed by atoms with van der Waals surface area (Å²) in [6, 6.07) is -3.44. The van der Waals surface area contributed by atoms with Crippen molar-refractivity contribution in [2.75, 3.05) is 131 Å². The van der Waals surface area contributed by atoms with E-state index in [-0.39, 0.29) is 204 Å². The summed E-state index contributed by atoms with van der Waals surface area (Å²) in [6.45, 7) is 0.362. The van der Waals surface area contributed by atoms with Crippen LogP contribution in [-0.2, 0) is 114 Å². The summed E-state index contributed by atoms with van der Waals surface area (Å²) in [5, 5.41) is 168. The minimum absolute atomic E-state index is 0.00101. The normalized spacial score (nSPS) is 24.6. The lowest BCUT2D eigenvalue weighted by atomic mass is 9.97. The molecular weight excluding hydrogens is 2020 g/mol. The van der Waals surface area contributed by atoms with Crippen LogP contribution >= 0.6 is 19.6 Å². The molecule has 4 heterocycles. The molecule has 4 aliphatic heterocycles. The van der Waals surface area contributed by atoms with E-state index in [4.69, 9.17) is 47.2 Å². The highest BCUT2D eigenvalue weighted by Crippen LogP contribution is 2.37. The van der Waals surface area contributed by atoms with E-state index < -0.39 is 257 Å². The molecule has 4 saturated heterocycles. The van der Waals surface area contributed by atoms with E-state index in [0.717, 1.165) is 18.9 Å². The summed E-state index contributed by atoms with van der Waals surface area (Å²) in [5.41, 5.74) is -0.348. The van der Waals surface area contributed by atoms with E-state index in [9.17, 15) is 148 Å². The number of carboxylic acids is 1. The number of rotatable bonds is 74. The van der Waals surface area contributed by atoms with Crippen LogP contribution in [0.15, 0.2) is 18.2 Å². The number of amides is 14. The number of aliphatic hydroxyl groups excluding tert-OH is 12. The first kappa shape index (κ1) is 130. The molecule has 1 aromatic carbocycles. The number of aliphatic carboxylic acids is 1. The molecule has 0 aromatic heterocycles. The molecular formula is C92H154N14O41PS-. The number of aliphatic hydroxyl groups is 12. The first-order valence-electron chi connectivity index (χ1n) is 50.0. The molecule has 4 aliphatic rings. The van der Waals surface area contributed by atoms with Gasteiger partial charge in [-0.2, -0.15) is 0 Å². The number of nitrogens with one attached hydrogen (secondary N) is 14. The largest absolute Gasteiger partial charge is 0.756 e. The zero-order valence-electron chi connectivity index (χ0n) is 84.5. The van der Waals surface area contributed by atoms with Crippen molar-refractivity contribution < 1.29 is 199 Å². The van der Waals surface area contributed by atoms with Crippen LogP contribution in [0.1, 0.15) is 203 Å². The number of hydrogen-bond acceptors (Lipinski definition) is 41. The number of phosphoric acid groups is 1. The van der Waals surface area contributed by atoms with Gasteiger partial charge in [0.15, 0.2) is 25.2 Å². The number of benzene rings is 1. The Hall–Kier alpha value is -9.27. The molecule has 5 rings (SSSR count). The van der Waals surface area contributed by atoms with Gasteiger partial charge in [-0.1, -0.05) is 12.8 Å². The van der Waals surface area contributed by atoms with Gasteiger partial charge >= 0.3 is 5.97 Å². The van der Waals surface area contributed by atoms with Crippen LogP contribution in [0.4, 0.5) is 0 Å². The fraction of sp³-hybridized carbons (Fsp3) is 0.772. The zero-order chi connectivity index (χ0) is 110. The van der Waals surface area contributed by atoms with E-state index in [1.807, 2.05) is 0 Å². The molecule has 0 bridgehead atoms. The van der Waals surface area contributed by atoms with Crippen molar-refractivity contribution >= 4 is 108 Å². The minimum atomic E-state index is -4.37. The standard InChI is InChI=1S/C92H155N14O41PS/c1-52(111)101-72-80(126)76(122)61(48-107)144-89(72)139-37-17-10-24-66(115)93-29-14-8-22-59(105-69(118)26-12-19-39-141-91-74(103-54(3)113)82(128)78(124)63(50-109)146-91)86(132)99-34-32-97-84(130)56-44-57(46-58(45-56)138-42-36-95-68(117)28-31-96-88(134)65(47-71(120)121)149-43-21-7-6-16-41-143-148(135,136)137-5)85(131)98-33-35-100-87(133)60(106-70(119)27-13-20-40-142-92-75(104-55(4)114)83(129)79(125)64(51-110)147-92)23-9-15-30-94-67(116)25-11-18-38-140-90-73(102-53(2)112)81(127)77(123)62(49-108)145-90/h44-46,59-65,72-83,89-92,107-110,122-129H,6-43,47-51H2,1-5H3,(H,93,115)(H,94,116)(H,95,117)(H,96,134)(H,97,130)(H,98,131)(H,99,132)(H,100,133)(H,101,111)(H,102,112)(H,103,113)(H,104,114)(H,105,118)(H,106,119)(H,120,121)(H,135,136)/p-1/t59-,60-,61?,62?,63?,64?,65?,72?,73?,74?,75?,76?,77?,78?,79?,80?,81?,82?,83?,89?,90?,91?,92?/m0/s1. The maximum atomic E-state index is 14.2. The Morgan fingerprint density at radius 3 is 1.05 bits per heavy atom. The van der Waals surface area contributed by atoms with Crippen molar-refractivity contribution in [3.63, 3.8) is 0 Å². The Kier molecular flexibility index (Phi) is 62.5. The lowest BCUT2D eigenvalue weighted by Gasteiger charge is -2.42. The molecule has 0 aliphatic carbocycles. The van der Waals surface area contributed by atoms with Crippen molar-refractivity contribution in [3.8, 4) is 5.75 Å². The topological polar surface area (TPSA) is 829 Å². The number of carbonyl (C=O) groups excluding carboxylic acids is 14. The molecule has 0 saturated carbocycles. The molecule has 0 radical (unpaired) electrons. The number of phosphoric ester groups is 1. The first-order valence-corrected chi connectivity index (χ1v) is 52.5. The van der Waals surface area contributed by atoms with Crippen molar-refractivity contribution in [1.82, 2.24) is 74.4 Å². The van der Waals surface area contributed by atoms with Crippen LogP contribution in [-0.4, -0.2) is 426 Å². The molecule has 4 fully saturated rings. The third-order valence-electron chi connectivity index (χ3n) is 23.8. The smallest absolute Gasteiger partial charge is 0.305 e. The second-order valence-corrected chi connectivity index (χ2v) is 38.7. The van der Waals surface area contributed by atoms with Crippen LogP contribution in [0.25, 0.3) is 0 Å². The van der Waals surface area contributed by atoms with Gasteiger partial charge in [0.2, 0.25) is 70.9 Å². The number of hydrogen-bond donors (Lipinski definition) is 27. The van der Waals surface area contributed by atoms with Crippen LogP contribution in [0.5, 0.6) is 5.75 Å². The highest BCUT2D eigenvalue weighted by molar-refractivity contribution is 8.00. The molecule has 0 spiro atoms. The van der Waals surface area contributed by atoms with E-state index in [1.165, 1.54) is 45.9 Å². The van der Waals surface area contributed by atoms with Gasteiger partial charge in [-0.3, -0.25) is 76.5 Å². The van der Waals surface area contributed by atoms with E-state index in [1.54, 1.807) is 0 Å². The summed E-state index contributed by atoms with van der Waals surface area (Å²) in [6.07, 6.45) is -18.0. The molecule has 22 unspecified atom stereocenters. The number of thioether (sulfide) groups is 1. The average molecular weight is 2180 g/mol. The van der Waals surface area contributed by atoms with Gasteiger partial charge in [0.1, 0.15) is 122 Å². The Bertz CT molecular complexity index is 4130. The van der Waals surface area contributed by atoms with Gasteiger partial charge in [0, 0.05) is 150 Å². The van der Waals surface area contributed by atoms with E-state index in [0.29, 0.717) is 70.0 Å². The van der Waals surface area contributed by atoms with Crippen LogP contribution in [0.2, 0.25) is 0 Å². The second-order valence-electron chi connectivity index (χ2n) is 35.9. The summed E-state index contributed by atoms with van der Waals surface area (Å²) < 4.78 is 71.8. The van der Waals surface area contributed by atoms with Crippen molar-refractivity contribution in [3.05, 3.63) is 29.3 Å². The maximum Gasteiger partial charge on any atom is 0.305 e. The summed E-state index contributed by atoms with van der Waals surface area (Å²) in [5.74, 6) is -9.21. The Balaban J connectivity index is 1.27. The predicted octanol–water partition coefficient (Wildman–Crippen LogP) is -8.29. The fourth-order valence-corrected chi connectivity index (χ4v) is 17.4. The van der Waals surface area contributed by atoms with Crippen LogP contribution in [0, 0.1) is 0 Å². The number of carboxylic acid groups (broad SMARTS) is 1. The SMILES string of the molecule is COP(=O)([O-])OCCCCCCSC(CC(=O)O)C(=O)NCCC(=O)NCCOc1cc(C(=O)NCCNC(=O)[C@H](CCCCNC(=O)CCCCOC2OC(CO)C(O)C(O)C2NC(C)=O)NC(=O)CCCCOC2OC(CO)C(O)C(O)C2NC(C)=O)cc(C(=O)NCCNC(=O)[C@H](CCCCNC(=O)CCCCOC2OC(CO)C(O)C(O)C2NC(C)=O)NC(=O)CCCCOC2OC(CO)C(O)C(O)C2NC(C)=O)c1.